The van der Waals surface area contributed by atoms with Gasteiger partial charge in [-0.15, -0.1) is 6.42 Å². The van der Waals surface area contributed by atoms with E-state index in [1.807, 2.05) is 26.7 Å². The summed E-state index contributed by atoms with van der Waals surface area (Å²) in [7, 11) is -3.54. The normalized spacial score (nSPS) is 12.5. The molecule has 2 aromatic carbocycles. The van der Waals surface area contributed by atoms with Crippen LogP contribution in [0.3, 0.4) is 0 Å². The van der Waals surface area contributed by atoms with E-state index in [1.165, 1.54) is 24.3 Å². The minimum atomic E-state index is -3.54. The Bertz CT molecular complexity index is 1090. The summed E-state index contributed by atoms with van der Waals surface area (Å²) in [5, 5.41) is 2.86. The third-order valence-corrected chi connectivity index (χ3v) is 5.23. The molecule has 2 amide bonds. The van der Waals surface area contributed by atoms with Crippen LogP contribution < -0.4 is 16.0 Å². The SMILES string of the molecule is C#CC(=O)N(c1cccc(S(C)(=O)=O)c1)C(C(=O)NC(C)(C)C)c1ccc(N)cc1. The van der Waals surface area contributed by atoms with E-state index in [0.29, 0.717) is 11.3 Å². The number of nitrogens with zero attached hydrogens (tertiary/aromatic N) is 1. The Morgan fingerprint density at radius 1 is 1.13 bits per heavy atom. The average molecular weight is 428 g/mol. The number of amides is 2. The first-order valence-corrected chi connectivity index (χ1v) is 11.0. The van der Waals surface area contributed by atoms with Gasteiger partial charge in [-0.3, -0.25) is 14.5 Å². The molecule has 3 N–H and O–H groups in total. The van der Waals surface area contributed by atoms with Gasteiger partial charge in [-0.25, -0.2) is 8.42 Å². The van der Waals surface area contributed by atoms with Crippen LogP contribution >= 0.6 is 0 Å². The number of benzene rings is 2. The zero-order valence-corrected chi connectivity index (χ0v) is 18.2. The van der Waals surface area contributed by atoms with Crippen molar-refractivity contribution < 1.29 is 18.0 Å². The van der Waals surface area contributed by atoms with Gasteiger partial charge in [-0.1, -0.05) is 18.2 Å². The van der Waals surface area contributed by atoms with Gasteiger partial charge in [0, 0.05) is 23.2 Å². The molecule has 0 saturated heterocycles. The molecule has 0 bridgehead atoms. The minimum absolute atomic E-state index is 0.00195. The Morgan fingerprint density at radius 3 is 2.23 bits per heavy atom. The van der Waals surface area contributed by atoms with Gasteiger partial charge >= 0.3 is 5.91 Å². The molecule has 0 fully saturated rings. The van der Waals surface area contributed by atoms with Crippen molar-refractivity contribution in [1.29, 1.82) is 0 Å². The van der Waals surface area contributed by atoms with E-state index >= 15 is 0 Å². The zero-order valence-electron chi connectivity index (χ0n) is 17.3. The van der Waals surface area contributed by atoms with Gasteiger partial charge in [0.1, 0.15) is 6.04 Å². The van der Waals surface area contributed by atoms with Crippen molar-refractivity contribution in [2.45, 2.75) is 37.2 Å². The van der Waals surface area contributed by atoms with E-state index in [9.17, 15) is 18.0 Å². The van der Waals surface area contributed by atoms with Gasteiger partial charge in [0.05, 0.1) is 4.90 Å². The molecule has 1 unspecified atom stereocenters. The van der Waals surface area contributed by atoms with Crippen LogP contribution in [-0.4, -0.2) is 32.0 Å². The molecule has 0 radical (unpaired) electrons. The molecule has 158 valence electrons. The van der Waals surface area contributed by atoms with E-state index in [1.54, 1.807) is 24.3 Å². The van der Waals surface area contributed by atoms with Crippen molar-refractivity contribution in [1.82, 2.24) is 5.32 Å². The standard InChI is InChI=1S/C22H25N3O4S/c1-6-19(26)25(17-8-7-9-18(14-17)30(5,28)29)20(21(27)24-22(2,3)4)15-10-12-16(23)13-11-15/h1,7-14,20H,23H2,2-5H3,(H,24,27). The molecule has 0 aliphatic carbocycles. The van der Waals surface area contributed by atoms with Crippen LogP contribution in [0.5, 0.6) is 0 Å². The maximum absolute atomic E-state index is 13.2. The molecule has 8 heteroatoms. The van der Waals surface area contributed by atoms with Gasteiger partial charge < -0.3 is 11.1 Å². The highest BCUT2D eigenvalue weighted by molar-refractivity contribution is 7.90. The highest BCUT2D eigenvalue weighted by Gasteiger charge is 2.34. The lowest BCUT2D eigenvalue weighted by atomic mass is 10.0. The molecule has 0 spiro atoms. The van der Waals surface area contributed by atoms with Crippen LogP contribution in [0.15, 0.2) is 53.4 Å². The first kappa shape index (κ1) is 23.0. The number of carbonyl (C=O) groups excluding carboxylic acids is 2. The largest absolute Gasteiger partial charge is 0.399 e. The van der Waals surface area contributed by atoms with E-state index in [4.69, 9.17) is 12.2 Å². The predicted molar refractivity (Wildman–Crippen MR) is 117 cm³/mol. The zero-order chi connectivity index (χ0) is 22.7. The Kier molecular flexibility index (Phi) is 6.58. The van der Waals surface area contributed by atoms with Crippen LogP contribution in [0.25, 0.3) is 0 Å². The molecule has 2 rings (SSSR count). The third kappa shape index (κ3) is 5.61. The van der Waals surface area contributed by atoms with Crippen LogP contribution in [0.1, 0.15) is 32.4 Å². The van der Waals surface area contributed by atoms with Crippen LogP contribution in [0.2, 0.25) is 0 Å². The molecular formula is C22H25N3O4S. The molecule has 0 saturated carbocycles. The van der Waals surface area contributed by atoms with Gasteiger partial charge in [0.25, 0.3) is 0 Å². The number of terminal acetylenes is 1. The molecule has 7 nitrogen and oxygen atoms in total. The Labute approximate surface area is 177 Å². The number of rotatable bonds is 5. The van der Waals surface area contributed by atoms with E-state index in [0.717, 1.165) is 11.2 Å². The lowest BCUT2D eigenvalue weighted by molar-refractivity contribution is -0.126. The third-order valence-electron chi connectivity index (χ3n) is 4.12. The second-order valence-corrected chi connectivity index (χ2v) is 9.91. The summed E-state index contributed by atoms with van der Waals surface area (Å²) in [4.78, 5) is 27.1. The lowest BCUT2D eigenvalue weighted by Gasteiger charge is -2.32. The smallest absolute Gasteiger partial charge is 0.303 e. The highest BCUT2D eigenvalue weighted by atomic mass is 32.2. The Hall–Kier alpha value is -3.31. The second-order valence-electron chi connectivity index (χ2n) is 7.90. The molecule has 0 aliphatic rings. The summed E-state index contributed by atoms with van der Waals surface area (Å²) in [6, 6.07) is 11.1. The second kappa shape index (κ2) is 8.59. The summed E-state index contributed by atoms with van der Waals surface area (Å²) in [6.45, 7) is 5.42. The van der Waals surface area contributed by atoms with Crippen LogP contribution in [0, 0.1) is 12.3 Å². The van der Waals surface area contributed by atoms with Crippen molar-refractivity contribution >= 4 is 33.0 Å². The summed E-state index contributed by atoms with van der Waals surface area (Å²) >= 11 is 0. The van der Waals surface area contributed by atoms with Crippen molar-refractivity contribution in [3.8, 4) is 12.3 Å². The van der Waals surface area contributed by atoms with Gasteiger partial charge in [-0.05, 0) is 62.6 Å². The first-order chi connectivity index (χ1) is 13.8. The fraction of sp³-hybridized carbons (Fsp3) is 0.273. The first-order valence-electron chi connectivity index (χ1n) is 9.11. The molecule has 0 aromatic heterocycles. The number of nitrogens with one attached hydrogen (secondary N) is 1. The average Bonchev–Trinajstić information content (AvgIpc) is 2.64. The number of carbonyl (C=O) groups is 2. The van der Waals surface area contributed by atoms with E-state index < -0.39 is 33.2 Å². The Morgan fingerprint density at radius 2 is 1.73 bits per heavy atom. The van der Waals surface area contributed by atoms with Crippen LogP contribution in [0.4, 0.5) is 11.4 Å². The van der Waals surface area contributed by atoms with E-state index in [2.05, 4.69) is 5.32 Å². The molecular weight excluding hydrogens is 402 g/mol. The number of nitrogen functional groups attached to an aromatic ring is 1. The summed E-state index contributed by atoms with van der Waals surface area (Å²) in [5.74, 6) is 0.777. The molecule has 0 heterocycles. The van der Waals surface area contributed by atoms with Crippen molar-refractivity contribution in [2.24, 2.45) is 0 Å². The number of anilines is 2. The minimum Gasteiger partial charge on any atom is -0.399 e. The van der Waals surface area contributed by atoms with Crippen molar-refractivity contribution in [3.05, 3.63) is 54.1 Å². The summed E-state index contributed by atoms with van der Waals surface area (Å²) in [5.41, 5.74) is 6.33. The Balaban J connectivity index is 2.71. The predicted octanol–water partition coefficient (Wildman–Crippen LogP) is 2.29. The molecule has 1 atom stereocenters. The topological polar surface area (TPSA) is 110 Å². The van der Waals surface area contributed by atoms with Gasteiger partial charge in [0.2, 0.25) is 5.91 Å². The van der Waals surface area contributed by atoms with Crippen LogP contribution in [-0.2, 0) is 19.4 Å². The highest BCUT2D eigenvalue weighted by Crippen LogP contribution is 2.30. The lowest BCUT2D eigenvalue weighted by Crippen LogP contribution is -2.49. The summed E-state index contributed by atoms with van der Waals surface area (Å²) in [6.07, 6.45) is 6.45. The fourth-order valence-electron chi connectivity index (χ4n) is 2.85. The number of nitrogens with two attached hydrogens (primary N) is 1. The van der Waals surface area contributed by atoms with Gasteiger partial charge in [0.15, 0.2) is 9.84 Å². The maximum atomic E-state index is 13.2. The summed E-state index contributed by atoms with van der Waals surface area (Å²) < 4.78 is 24.0. The molecule has 0 aliphatic heterocycles. The van der Waals surface area contributed by atoms with Crippen molar-refractivity contribution in [3.63, 3.8) is 0 Å². The fourth-order valence-corrected chi connectivity index (χ4v) is 3.51. The van der Waals surface area contributed by atoms with Crippen molar-refractivity contribution in [2.75, 3.05) is 16.9 Å². The van der Waals surface area contributed by atoms with E-state index in [-0.39, 0.29) is 10.6 Å². The number of sulfone groups is 1. The maximum Gasteiger partial charge on any atom is 0.303 e. The quantitative estimate of drug-likeness (QED) is 0.562. The number of hydrogen-bond acceptors (Lipinski definition) is 5. The monoisotopic (exact) mass is 427 g/mol. The van der Waals surface area contributed by atoms with Gasteiger partial charge in [-0.2, -0.15) is 0 Å². The molecule has 2 aromatic rings. The molecule has 30 heavy (non-hydrogen) atoms. The number of hydrogen-bond donors (Lipinski definition) is 2.